The molecule has 0 unspecified atom stereocenters. The average molecular weight is 562 g/mol. The molecule has 0 atom stereocenters. The molecule has 5 aromatic rings. The number of piperidine rings is 1. The number of nitrogens with one attached hydrogen (secondary N) is 3. The second-order valence-electron chi connectivity index (χ2n) is 10.7. The molecule has 6 heterocycles. The van der Waals surface area contributed by atoms with Crippen LogP contribution >= 0.6 is 0 Å². The Labute approximate surface area is 240 Å². The Morgan fingerprint density at radius 2 is 2.00 bits per heavy atom. The summed E-state index contributed by atoms with van der Waals surface area (Å²) in [6, 6.07) is 8.39. The minimum Gasteiger partial charge on any atom is -0.335 e. The molecule has 4 aromatic heterocycles. The fourth-order valence-corrected chi connectivity index (χ4v) is 5.53. The van der Waals surface area contributed by atoms with E-state index in [4.69, 9.17) is 4.98 Å². The number of H-pyrrole nitrogens is 2. The van der Waals surface area contributed by atoms with Crippen LogP contribution < -0.4 is 5.32 Å². The van der Waals surface area contributed by atoms with E-state index >= 15 is 0 Å². The van der Waals surface area contributed by atoms with E-state index in [0.717, 1.165) is 53.5 Å². The van der Waals surface area contributed by atoms with Gasteiger partial charge in [0.25, 0.3) is 0 Å². The van der Waals surface area contributed by atoms with Gasteiger partial charge in [0.2, 0.25) is 5.91 Å². The van der Waals surface area contributed by atoms with Gasteiger partial charge in [0.15, 0.2) is 11.5 Å². The lowest BCUT2D eigenvalue weighted by Crippen LogP contribution is -2.38. The standard InChI is InChI=1S/C31H28FN9O/c1-41-9-6-18(7-10-41)31(42)36-23-12-19(5-8-33-15-23)21-13-24-28(39-40-29(24)35-14-21)30-37-26-17-34-16-25(27(26)38-30)20-3-2-4-22(32)11-20/h2-4,8,11-18H,5-7,9-10H2,1H3,(H,36,42)(H,37,38)(H,35,39,40). The van der Waals surface area contributed by atoms with Crippen LogP contribution in [0.25, 0.3) is 50.3 Å². The van der Waals surface area contributed by atoms with E-state index in [0.29, 0.717) is 40.4 Å². The number of likely N-dealkylation sites (tertiary alicyclic amines) is 1. The van der Waals surface area contributed by atoms with Gasteiger partial charge in [-0.05, 0) is 74.0 Å². The van der Waals surface area contributed by atoms with Crippen molar-refractivity contribution < 1.29 is 9.18 Å². The van der Waals surface area contributed by atoms with Crippen molar-refractivity contribution in [2.75, 3.05) is 20.1 Å². The Morgan fingerprint density at radius 1 is 1.12 bits per heavy atom. The monoisotopic (exact) mass is 561 g/mol. The van der Waals surface area contributed by atoms with Crippen LogP contribution in [0.2, 0.25) is 0 Å². The Kier molecular flexibility index (Phi) is 6.63. The van der Waals surface area contributed by atoms with Crippen molar-refractivity contribution in [1.82, 2.24) is 40.3 Å². The summed E-state index contributed by atoms with van der Waals surface area (Å²) in [4.78, 5) is 36.7. The van der Waals surface area contributed by atoms with Crippen LogP contribution in [0.1, 0.15) is 24.8 Å². The van der Waals surface area contributed by atoms with Gasteiger partial charge in [0.1, 0.15) is 11.5 Å². The molecule has 42 heavy (non-hydrogen) atoms. The van der Waals surface area contributed by atoms with Crippen LogP contribution in [0, 0.1) is 11.7 Å². The number of hydrogen-bond acceptors (Lipinski definition) is 7. The number of hydrogen-bond donors (Lipinski definition) is 3. The van der Waals surface area contributed by atoms with E-state index in [2.05, 4.69) is 47.4 Å². The number of aromatic amines is 2. The van der Waals surface area contributed by atoms with Gasteiger partial charge < -0.3 is 15.2 Å². The Morgan fingerprint density at radius 3 is 2.86 bits per heavy atom. The van der Waals surface area contributed by atoms with Crippen molar-refractivity contribution in [1.29, 1.82) is 0 Å². The van der Waals surface area contributed by atoms with Crippen molar-refractivity contribution in [3.63, 3.8) is 0 Å². The first-order valence-electron chi connectivity index (χ1n) is 13.9. The molecule has 0 radical (unpaired) electrons. The summed E-state index contributed by atoms with van der Waals surface area (Å²) >= 11 is 0. The Hall–Kier alpha value is -5.03. The molecule has 0 spiro atoms. The van der Waals surface area contributed by atoms with Crippen LogP contribution in [0.15, 0.2) is 71.9 Å². The number of fused-ring (bicyclic) bond motifs is 2. The van der Waals surface area contributed by atoms with E-state index in [1.165, 1.54) is 12.1 Å². The van der Waals surface area contributed by atoms with Crippen LogP contribution in [-0.2, 0) is 4.79 Å². The Balaban J connectivity index is 1.21. The molecule has 2 aliphatic rings. The van der Waals surface area contributed by atoms with Crippen LogP contribution in [0.5, 0.6) is 0 Å². The van der Waals surface area contributed by atoms with E-state index in [1.54, 1.807) is 30.9 Å². The molecule has 11 heteroatoms. The van der Waals surface area contributed by atoms with Crippen molar-refractivity contribution in [3.05, 3.63) is 78.3 Å². The zero-order valence-corrected chi connectivity index (χ0v) is 22.9. The fourth-order valence-electron chi connectivity index (χ4n) is 5.53. The lowest BCUT2D eigenvalue weighted by atomic mass is 9.96. The molecular formula is C31H28FN9O. The molecule has 10 nitrogen and oxygen atoms in total. The topological polar surface area (TPSA) is 128 Å². The van der Waals surface area contributed by atoms with Crippen LogP contribution in [0.4, 0.5) is 4.39 Å². The van der Waals surface area contributed by atoms with Gasteiger partial charge in [-0.15, -0.1) is 0 Å². The number of carbonyl (C=O) groups is 1. The predicted octanol–water partition coefficient (Wildman–Crippen LogP) is 4.86. The maximum atomic E-state index is 13.9. The van der Waals surface area contributed by atoms with E-state index in [1.807, 2.05) is 24.4 Å². The molecule has 3 N–H and O–H groups in total. The molecule has 7 rings (SSSR count). The highest BCUT2D eigenvalue weighted by Crippen LogP contribution is 2.32. The fraction of sp³-hybridized carbons (Fsp3) is 0.226. The summed E-state index contributed by atoms with van der Waals surface area (Å²) in [5, 5.41) is 11.3. The first kappa shape index (κ1) is 25.9. The summed E-state index contributed by atoms with van der Waals surface area (Å²) in [5.74, 6) is 0.276. The first-order valence-corrected chi connectivity index (χ1v) is 13.9. The molecule has 0 aliphatic carbocycles. The maximum absolute atomic E-state index is 13.9. The van der Waals surface area contributed by atoms with Crippen molar-refractivity contribution in [2.45, 2.75) is 19.3 Å². The van der Waals surface area contributed by atoms with Gasteiger partial charge in [-0.1, -0.05) is 12.1 Å². The average Bonchev–Trinajstić information content (AvgIpc) is 3.55. The third kappa shape index (κ3) is 4.99. The highest BCUT2D eigenvalue weighted by Gasteiger charge is 2.24. The smallest absolute Gasteiger partial charge is 0.227 e. The van der Waals surface area contributed by atoms with Gasteiger partial charge in [-0.3, -0.25) is 19.9 Å². The minimum absolute atomic E-state index is 0.00173. The number of benzene rings is 1. The van der Waals surface area contributed by atoms with E-state index in [9.17, 15) is 9.18 Å². The number of amides is 1. The highest BCUT2D eigenvalue weighted by atomic mass is 19.1. The number of aromatic nitrogens is 6. The number of nitrogens with zero attached hydrogens (tertiary/aromatic N) is 6. The summed E-state index contributed by atoms with van der Waals surface area (Å²) in [6.45, 7) is 1.84. The molecule has 1 aromatic carbocycles. The first-order chi connectivity index (χ1) is 20.5. The zero-order chi connectivity index (χ0) is 28.6. The maximum Gasteiger partial charge on any atom is 0.227 e. The molecular weight excluding hydrogens is 533 g/mol. The summed E-state index contributed by atoms with van der Waals surface area (Å²) in [6.07, 6.45) is 12.9. The Bertz CT molecular complexity index is 1910. The van der Waals surface area contributed by atoms with Gasteiger partial charge in [-0.2, -0.15) is 5.10 Å². The number of imidazole rings is 1. The summed E-state index contributed by atoms with van der Waals surface area (Å²) in [7, 11) is 2.08. The summed E-state index contributed by atoms with van der Waals surface area (Å²) < 4.78 is 13.9. The largest absolute Gasteiger partial charge is 0.335 e. The molecule has 2 aliphatic heterocycles. The third-order valence-electron chi connectivity index (χ3n) is 7.86. The zero-order valence-electron chi connectivity index (χ0n) is 22.9. The van der Waals surface area contributed by atoms with Crippen LogP contribution in [0.3, 0.4) is 0 Å². The SMILES string of the molecule is CN1CCC(C(=O)NC2=CN=CCC(c3cnc4n[nH]c(-c5nc6c(-c7cccc(F)c7)cncc6[nH]5)c4c3)=C2)CC1. The van der Waals surface area contributed by atoms with E-state index in [-0.39, 0.29) is 17.6 Å². The predicted molar refractivity (Wildman–Crippen MR) is 160 cm³/mol. The number of aliphatic imine (C=N–C) groups is 1. The lowest BCUT2D eigenvalue weighted by Gasteiger charge is -2.28. The van der Waals surface area contributed by atoms with Crippen LogP contribution in [-0.4, -0.2) is 67.3 Å². The summed E-state index contributed by atoms with van der Waals surface area (Å²) in [5.41, 5.74) is 6.55. The number of allylic oxidation sites excluding steroid dienone is 2. The second-order valence-corrected chi connectivity index (χ2v) is 10.7. The number of carbonyl (C=O) groups excluding carboxylic acids is 1. The molecule has 210 valence electrons. The lowest BCUT2D eigenvalue weighted by molar-refractivity contribution is -0.125. The van der Waals surface area contributed by atoms with Crippen molar-refractivity contribution in [3.8, 4) is 22.6 Å². The number of rotatable bonds is 5. The third-order valence-corrected chi connectivity index (χ3v) is 7.86. The normalized spacial score (nSPS) is 16.4. The molecule has 0 saturated carbocycles. The minimum atomic E-state index is -0.323. The molecule has 1 fully saturated rings. The number of halogens is 1. The molecule has 1 amide bonds. The molecule has 1 saturated heterocycles. The highest BCUT2D eigenvalue weighted by molar-refractivity contribution is 5.97. The quantitative estimate of drug-likeness (QED) is 0.281. The van der Waals surface area contributed by atoms with Gasteiger partial charge in [0, 0.05) is 42.7 Å². The van der Waals surface area contributed by atoms with Crippen molar-refractivity contribution in [2.24, 2.45) is 10.9 Å². The van der Waals surface area contributed by atoms with Gasteiger partial charge in [0.05, 0.1) is 28.3 Å². The second kappa shape index (κ2) is 10.7. The van der Waals surface area contributed by atoms with Gasteiger partial charge >= 0.3 is 0 Å². The van der Waals surface area contributed by atoms with Gasteiger partial charge in [-0.25, -0.2) is 14.4 Å². The van der Waals surface area contributed by atoms with Crippen molar-refractivity contribution >= 4 is 39.8 Å². The molecule has 0 bridgehead atoms. The number of pyridine rings is 2. The van der Waals surface area contributed by atoms with E-state index < -0.39 is 0 Å².